The number of Topliss-reactive ketones (excluding diaryl/α,β-unsaturated/α-hetero) is 1. The minimum Gasteiger partial charge on any atom is -0.502 e. The molecule has 3 aromatic rings. The highest BCUT2D eigenvalue weighted by Gasteiger charge is 2.62. The van der Waals surface area contributed by atoms with Gasteiger partial charge in [0.1, 0.15) is 0 Å². The topological polar surface area (TPSA) is 57.6 Å². The molecule has 32 heavy (non-hydrogen) atoms. The van der Waals surface area contributed by atoms with Crippen molar-refractivity contribution in [2.45, 2.75) is 16.9 Å². The molecule has 0 saturated heterocycles. The van der Waals surface area contributed by atoms with E-state index in [2.05, 4.69) is 0 Å². The fraction of sp³-hybridized carbons (Fsp3) is 0.0833. The first-order valence-corrected chi connectivity index (χ1v) is 11.6. The lowest BCUT2D eigenvalue weighted by Crippen LogP contribution is -2.49. The van der Waals surface area contributed by atoms with E-state index in [0.717, 1.165) is 16.7 Å². The van der Waals surface area contributed by atoms with Crippen molar-refractivity contribution >= 4 is 63.9 Å². The third-order valence-corrected chi connectivity index (χ3v) is 7.52. The van der Waals surface area contributed by atoms with Crippen LogP contribution < -0.4 is 4.90 Å². The van der Waals surface area contributed by atoms with Gasteiger partial charge in [0.15, 0.2) is 17.1 Å². The number of aliphatic hydroxyl groups is 1. The van der Waals surface area contributed by atoms with Crippen LogP contribution in [0.3, 0.4) is 0 Å². The minimum absolute atomic E-state index is 0.0815. The van der Waals surface area contributed by atoms with Crippen molar-refractivity contribution in [3.63, 3.8) is 0 Å². The number of benzene rings is 3. The highest BCUT2D eigenvalue weighted by molar-refractivity contribution is 8.03. The number of fused-ring (bicyclic) bond motifs is 2. The van der Waals surface area contributed by atoms with Gasteiger partial charge in [0.05, 0.1) is 4.91 Å². The third kappa shape index (κ3) is 3.15. The second kappa shape index (κ2) is 7.85. The molecule has 0 radical (unpaired) electrons. The van der Waals surface area contributed by atoms with Gasteiger partial charge in [-0.1, -0.05) is 58.7 Å². The van der Waals surface area contributed by atoms with Gasteiger partial charge in [-0.15, -0.1) is 0 Å². The Morgan fingerprint density at radius 2 is 1.56 bits per heavy atom. The number of anilines is 1. The van der Waals surface area contributed by atoms with Gasteiger partial charge in [0, 0.05) is 32.1 Å². The summed E-state index contributed by atoms with van der Waals surface area (Å²) in [7, 11) is 0. The molecule has 0 bridgehead atoms. The fourth-order valence-corrected chi connectivity index (χ4v) is 5.96. The standard InChI is InChI=1S/C24H14Cl3NO3S/c25-14-4-7-18(8-5-14)32-22-21(30)23(31)28(17-3-1-2-15(26)12-17)24(22)19-9-6-16(27)10-13(19)11-20(24)29/h1-10,12,30H,11H2/t24-/m1/s1. The number of aliphatic hydroxyl groups excluding tert-OH is 1. The Kier molecular flexibility index (Phi) is 5.25. The fourth-order valence-electron chi connectivity index (χ4n) is 4.30. The van der Waals surface area contributed by atoms with Crippen molar-refractivity contribution in [3.8, 4) is 0 Å². The quantitative estimate of drug-likeness (QED) is 0.440. The SMILES string of the molecule is O=C1C(O)=C(Sc2ccc(Cl)cc2)[C@@]2(C(=O)Cc3cc(Cl)ccc32)N1c1cccc(Cl)c1. The van der Waals surface area contributed by atoms with Crippen LogP contribution in [0, 0.1) is 0 Å². The predicted octanol–water partition coefficient (Wildman–Crippen LogP) is 6.58. The summed E-state index contributed by atoms with van der Waals surface area (Å²) in [5.41, 5.74) is 0.222. The van der Waals surface area contributed by atoms with Gasteiger partial charge in [0.25, 0.3) is 5.91 Å². The average molecular weight is 503 g/mol. The molecule has 0 unspecified atom stereocenters. The van der Waals surface area contributed by atoms with Crippen LogP contribution in [0.2, 0.25) is 15.1 Å². The van der Waals surface area contributed by atoms with Gasteiger partial charge in [-0.25, -0.2) is 0 Å². The summed E-state index contributed by atoms with van der Waals surface area (Å²) in [5, 5.41) is 12.5. The van der Waals surface area contributed by atoms with Crippen LogP contribution in [0.15, 0.2) is 82.3 Å². The molecule has 2 aliphatic rings. The van der Waals surface area contributed by atoms with Crippen molar-refractivity contribution in [2.24, 2.45) is 0 Å². The number of thioether (sulfide) groups is 1. The molecule has 5 rings (SSSR count). The molecular weight excluding hydrogens is 489 g/mol. The van der Waals surface area contributed by atoms with E-state index in [9.17, 15) is 14.7 Å². The molecule has 0 fully saturated rings. The molecule has 1 N–H and O–H groups in total. The minimum atomic E-state index is -1.52. The molecule has 1 aliphatic heterocycles. The van der Waals surface area contributed by atoms with E-state index in [1.54, 1.807) is 66.7 Å². The molecule has 1 spiro atoms. The molecule has 8 heteroatoms. The maximum atomic E-state index is 13.7. The summed E-state index contributed by atoms with van der Waals surface area (Å²) < 4.78 is 0. The Hall–Kier alpha value is -2.44. The van der Waals surface area contributed by atoms with Crippen LogP contribution in [-0.4, -0.2) is 16.8 Å². The van der Waals surface area contributed by atoms with Gasteiger partial charge < -0.3 is 5.11 Å². The highest BCUT2D eigenvalue weighted by atomic mass is 35.5. The summed E-state index contributed by atoms with van der Waals surface area (Å²) >= 11 is 19.6. The number of amides is 1. The van der Waals surface area contributed by atoms with Crippen molar-refractivity contribution in [1.82, 2.24) is 0 Å². The molecule has 160 valence electrons. The normalized spacial score (nSPS) is 19.9. The molecule has 1 atom stereocenters. The number of halogens is 3. The van der Waals surface area contributed by atoms with E-state index >= 15 is 0 Å². The van der Waals surface area contributed by atoms with Gasteiger partial charge >= 0.3 is 0 Å². The smallest absolute Gasteiger partial charge is 0.295 e. The molecule has 1 amide bonds. The van der Waals surface area contributed by atoms with E-state index in [1.165, 1.54) is 4.90 Å². The number of carbonyl (C=O) groups excluding carboxylic acids is 2. The Labute approximate surface area is 203 Å². The Balaban J connectivity index is 1.77. The summed E-state index contributed by atoms with van der Waals surface area (Å²) in [6.07, 6.45) is 0.0815. The van der Waals surface area contributed by atoms with E-state index in [-0.39, 0.29) is 17.1 Å². The van der Waals surface area contributed by atoms with Crippen LogP contribution in [-0.2, 0) is 21.5 Å². The lowest BCUT2D eigenvalue weighted by Gasteiger charge is -2.36. The van der Waals surface area contributed by atoms with Crippen molar-refractivity contribution in [3.05, 3.63) is 104 Å². The highest BCUT2D eigenvalue weighted by Crippen LogP contribution is 2.56. The second-order valence-electron chi connectivity index (χ2n) is 7.47. The Morgan fingerprint density at radius 1 is 0.875 bits per heavy atom. The number of hydrogen-bond donors (Lipinski definition) is 1. The summed E-state index contributed by atoms with van der Waals surface area (Å²) in [4.78, 5) is 29.5. The van der Waals surface area contributed by atoms with Crippen LogP contribution in [0.4, 0.5) is 5.69 Å². The molecule has 1 heterocycles. The van der Waals surface area contributed by atoms with Crippen molar-refractivity contribution < 1.29 is 14.7 Å². The second-order valence-corrected chi connectivity index (χ2v) is 9.86. The van der Waals surface area contributed by atoms with E-state index in [0.29, 0.717) is 31.9 Å². The van der Waals surface area contributed by atoms with Crippen molar-refractivity contribution in [1.29, 1.82) is 0 Å². The molecule has 4 nitrogen and oxygen atoms in total. The number of rotatable bonds is 3. The number of carbonyl (C=O) groups is 2. The lowest BCUT2D eigenvalue weighted by molar-refractivity contribution is -0.124. The van der Waals surface area contributed by atoms with E-state index in [1.807, 2.05) is 0 Å². The maximum Gasteiger partial charge on any atom is 0.295 e. The average Bonchev–Trinajstić information content (AvgIpc) is 3.15. The molecular formula is C24H14Cl3NO3S. The first kappa shape index (κ1) is 21.4. The maximum absolute atomic E-state index is 13.7. The van der Waals surface area contributed by atoms with Gasteiger partial charge in [-0.2, -0.15) is 0 Å². The first-order chi connectivity index (χ1) is 15.3. The van der Waals surface area contributed by atoms with Crippen LogP contribution in [0.1, 0.15) is 11.1 Å². The zero-order valence-corrected chi connectivity index (χ0v) is 19.4. The predicted molar refractivity (Wildman–Crippen MR) is 128 cm³/mol. The summed E-state index contributed by atoms with van der Waals surface area (Å²) in [6, 6.07) is 18.8. The Morgan fingerprint density at radius 3 is 2.28 bits per heavy atom. The zero-order valence-electron chi connectivity index (χ0n) is 16.3. The molecule has 0 saturated carbocycles. The molecule has 0 aromatic heterocycles. The van der Waals surface area contributed by atoms with Gasteiger partial charge in [-0.3, -0.25) is 14.5 Å². The van der Waals surface area contributed by atoms with Crippen molar-refractivity contribution in [2.75, 3.05) is 4.90 Å². The van der Waals surface area contributed by atoms with Gasteiger partial charge in [0.2, 0.25) is 0 Å². The number of nitrogens with zero attached hydrogens (tertiary/aromatic N) is 1. The number of ketones is 1. The molecule has 1 aliphatic carbocycles. The monoisotopic (exact) mass is 501 g/mol. The van der Waals surface area contributed by atoms with Crippen LogP contribution in [0.25, 0.3) is 0 Å². The van der Waals surface area contributed by atoms with Crippen LogP contribution >= 0.6 is 46.6 Å². The largest absolute Gasteiger partial charge is 0.502 e. The number of hydrogen-bond acceptors (Lipinski definition) is 4. The first-order valence-electron chi connectivity index (χ1n) is 9.62. The molecule has 3 aromatic carbocycles. The van der Waals surface area contributed by atoms with Crippen LogP contribution in [0.5, 0.6) is 0 Å². The van der Waals surface area contributed by atoms with E-state index < -0.39 is 17.2 Å². The van der Waals surface area contributed by atoms with E-state index in [4.69, 9.17) is 34.8 Å². The lowest BCUT2D eigenvalue weighted by atomic mass is 9.89. The summed E-state index contributed by atoms with van der Waals surface area (Å²) in [6.45, 7) is 0. The third-order valence-electron chi connectivity index (χ3n) is 5.60. The zero-order chi connectivity index (χ0) is 22.6. The van der Waals surface area contributed by atoms with Gasteiger partial charge in [-0.05, 0) is 65.7 Å². The Bertz CT molecular complexity index is 1320. The summed E-state index contributed by atoms with van der Waals surface area (Å²) in [5.74, 6) is -1.37.